The maximum Gasteiger partial charge on any atom is 0.437 e. The van der Waals surface area contributed by atoms with Gasteiger partial charge in [-0.1, -0.05) is 29.8 Å². The molecule has 148 valence electrons. The number of anilines is 1. The molecular weight excluding hydrogens is 385 g/mol. The number of hydrogen-bond donors (Lipinski definition) is 2. The van der Waals surface area contributed by atoms with Crippen LogP contribution in [0, 0.1) is 13.8 Å². The third-order valence-electron chi connectivity index (χ3n) is 4.45. The third kappa shape index (κ3) is 3.33. The first-order valence-electron chi connectivity index (χ1n) is 8.59. The second kappa shape index (κ2) is 6.73. The molecule has 0 aliphatic rings. The summed E-state index contributed by atoms with van der Waals surface area (Å²) in [5, 5.41) is 12.0. The molecule has 0 bridgehead atoms. The standard InChI is InChI=1S/C19H15F3N6O/c1-10-3-5-12(6-4-10)14-7-8-23-17-13(9-24-28(14)17)18(29)25-15-11(2)26-27-16(15)19(20,21)22/h3-9H,1-2H3,(H,25,29)(H,26,27). The molecule has 0 saturated heterocycles. The molecule has 3 heterocycles. The van der Waals surface area contributed by atoms with E-state index in [0.717, 1.165) is 11.1 Å². The maximum absolute atomic E-state index is 13.1. The topological polar surface area (TPSA) is 88.0 Å². The zero-order valence-corrected chi connectivity index (χ0v) is 15.4. The Labute approximate surface area is 162 Å². The molecule has 1 amide bonds. The Morgan fingerprint density at radius 3 is 2.55 bits per heavy atom. The average molecular weight is 400 g/mol. The van der Waals surface area contributed by atoms with Gasteiger partial charge in [-0.05, 0) is 19.9 Å². The van der Waals surface area contributed by atoms with Crippen molar-refractivity contribution in [1.82, 2.24) is 24.8 Å². The molecule has 0 spiro atoms. The molecule has 4 aromatic rings. The van der Waals surface area contributed by atoms with Crippen LogP contribution < -0.4 is 5.32 Å². The molecule has 29 heavy (non-hydrogen) atoms. The SMILES string of the molecule is Cc1ccc(-c2ccnc3c(C(=O)Nc4c(C(F)(F)F)n[nH]c4C)cnn23)cc1. The van der Waals surface area contributed by atoms with Crippen LogP contribution in [0.3, 0.4) is 0 Å². The number of carbonyl (C=O) groups is 1. The quantitative estimate of drug-likeness (QED) is 0.544. The third-order valence-corrected chi connectivity index (χ3v) is 4.45. The van der Waals surface area contributed by atoms with Crippen LogP contribution in [0.1, 0.15) is 27.3 Å². The van der Waals surface area contributed by atoms with Crippen LogP contribution in [0.5, 0.6) is 0 Å². The smallest absolute Gasteiger partial charge is 0.318 e. The molecule has 3 aromatic heterocycles. The van der Waals surface area contributed by atoms with Crippen LogP contribution >= 0.6 is 0 Å². The fourth-order valence-electron chi connectivity index (χ4n) is 2.96. The van der Waals surface area contributed by atoms with Gasteiger partial charge in [-0.3, -0.25) is 9.89 Å². The van der Waals surface area contributed by atoms with Crippen LogP contribution in [0.2, 0.25) is 0 Å². The van der Waals surface area contributed by atoms with E-state index < -0.39 is 23.5 Å². The zero-order chi connectivity index (χ0) is 20.8. The van der Waals surface area contributed by atoms with Gasteiger partial charge in [0.05, 0.1) is 23.3 Å². The minimum absolute atomic E-state index is 0.0488. The van der Waals surface area contributed by atoms with Gasteiger partial charge in [0.15, 0.2) is 11.3 Å². The van der Waals surface area contributed by atoms with Gasteiger partial charge < -0.3 is 5.32 Å². The van der Waals surface area contributed by atoms with Crippen molar-refractivity contribution in [2.24, 2.45) is 0 Å². The van der Waals surface area contributed by atoms with E-state index in [4.69, 9.17) is 0 Å². The van der Waals surface area contributed by atoms with E-state index in [-0.39, 0.29) is 16.9 Å². The van der Waals surface area contributed by atoms with Crippen molar-refractivity contribution < 1.29 is 18.0 Å². The van der Waals surface area contributed by atoms with Crippen LogP contribution in [-0.4, -0.2) is 30.7 Å². The Hall–Kier alpha value is -3.69. The highest BCUT2D eigenvalue weighted by Crippen LogP contribution is 2.35. The molecule has 0 saturated carbocycles. The van der Waals surface area contributed by atoms with Crippen molar-refractivity contribution >= 4 is 17.2 Å². The van der Waals surface area contributed by atoms with Crippen molar-refractivity contribution in [2.75, 3.05) is 5.32 Å². The molecule has 0 atom stereocenters. The number of aryl methyl sites for hydroxylation is 2. The fourth-order valence-corrected chi connectivity index (χ4v) is 2.96. The summed E-state index contributed by atoms with van der Waals surface area (Å²) in [5.41, 5.74) is 1.42. The molecule has 0 fully saturated rings. The summed E-state index contributed by atoms with van der Waals surface area (Å²) in [7, 11) is 0. The van der Waals surface area contributed by atoms with Gasteiger partial charge in [0.25, 0.3) is 5.91 Å². The van der Waals surface area contributed by atoms with E-state index in [0.29, 0.717) is 5.69 Å². The van der Waals surface area contributed by atoms with E-state index in [1.54, 1.807) is 6.07 Å². The first-order chi connectivity index (χ1) is 13.8. The van der Waals surface area contributed by atoms with Gasteiger partial charge in [-0.25, -0.2) is 9.50 Å². The lowest BCUT2D eigenvalue weighted by Crippen LogP contribution is -2.16. The molecular formula is C19H15F3N6O. The van der Waals surface area contributed by atoms with Crippen molar-refractivity contribution in [2.45, 2.75) is 20.0 Å². The van der Waals surface area contributed by atoms with E-state index >= 15 is 0 Å². The highest BCUT2D eigenvalue weighted by molar-refractivity contribution is 6.08. The highest BCUT2D eigenvalue weighted by atomic mass is 19.4. The number of fused-ring (bicyclic) bond motifs is 1. The average Bonchev–Trinajstić information content (AvgIpc) is 3.26. The van der Waals surface area contributed by atoms with Gasteiger partial charge in [-0.15, -0.1) is 0 Å². The molecule has 0 aliphatic carbocycles. The summed E-state index contributed by atoms with van der Waals surface area (Å²) in [5.74, 6) is -0.761. The predicted molar refractivity (Wildman–Crippen MR) is 99.4 cm³/mol. The van der Waals surface area contributed by atoms with E-state index in [1.807, 2.05) is 31.2 Å². The molecule has 0 aliphatic heterocycles. The summed E-state index contributed by atoms with van der Waals surface area (Å²) in [4.78, 5) is 16.9. The van der Waals surface area contributed by atoms with Gasteiger partial charge in [0, 0.05) is 11.8 Å². The number of rotatable bonds is 3. The minimum Gasteiger partial charge on any atom is -0.318 e. The second-order valence-electron chi connectivity index (χ2n) is 6.51. The molecule has 10 heteroatoms. The van der Waals surface area contributed by atoms with Gasteiger partial charge >= 0.3 is 6.18 Å². The van der Waals surface area contributed by atoms with Crippen molar-refractivity contribution in [1.29, 1.82) is 0 Å². The summed E-state index contributed by atoms with van der Waals surface area (Å²) in [6.45, 7) is 3.36. The lowest BCUT2D eigenvalue weighted by molar-refractivity contribution is -0.140. The number of aromatic amines is 1. The normalized spacial score (nSPS) is 11.8. The van der Waals surface area contributed by atoms with E-state index in [1.165, 1.54) is 23.8 Å². The lowest BCUT2D eigenvalue weighted by Gasteiger charge is -2.08. The number of halogens is 3. The maximum atomic E-state index is 13.1. The van der Waals surface area contributed by atoms with E-state index in [9.17, 15) is 18.0 Å². The minimum atomic E-state index is -4.70. The molecule has 2 N–H and O–H groups in total. The fraction of sp³-hybridized carbons (Fsp3) is 0.158. The van der Waals surface area contributed by atoms with Crippen LogP contribution in [0.15, 0.2) is 42.7 Å². The lowest BCUT2D eigenvalue weighted by atomic mass is 10.1. The largest absolute Gasteiger partial charge is 0.437 e. The Kier molecular flexibility index (Phi) is 4.33. The summed E-state index contributed by atoms with van der Waals surface area (Å²) >= 11 is 0. The van der Waals surface area contributed by atoms with Gasteiger partial charge in [-0.2, -0.15) is 23.4 Å². The monoisotopic (exact) mass is 400 g/mol. The Balaban J connectivity index is 1.73. The Morgan fingerprint density at radius 2 is 1.86 bits per heavy atom. The first-order valence-corrected chi connectivity index (χ1v) is 8.59. The number of nitrogens with zero attached hydrogens (tertiary/aromatic N) is 4. The first kappa shape index (κ1) is 18.7. The molecule has 0 radical (unpaired) electrons. The van der Waals surface area contributed by atoms with Gasteiger partial charge in [0.2, 0.25) is 0 Å². The predicted octanol–water partition coefficient (Wildman–Crippen LogP) is 4.01. The number of benzene rings is 1. The number of carbonyl (C=O) groups excluding carboxylic acids is 1. The number of nitrogens with one attached hydrogen (secondary N) is 2. The molecule has 1 aromatic carbocycles. The molecule has 0 unspecified atom stereocenters. The number of alkyl halides is 3. The summed E-state index contributed by atoms with van der Waals surface area (Å²) in [6.07, 6.45) is -1.91. The van der Waals surface area contributed by atoms with E-state index in [2.05, 4.69) is 25.6 Å². The van der Waals surface area contributed by atoms with Crippen LogP contribution in [-0.2, 0) is 6.18 Å². The number of hydrogen-bond acceptors (Lipinski definition) is 4. The Morgan fingerprint density at radius 1 is 1.14 bits per heavy atom. The van der Waals surface area contributed by atoms with Gasteiger partial charge in [0.1, 0.15) is 5.56 Å². The highest BCUT2D eigenvalue weighted by Gasteiger charge is 2.38. The van der Waals surface area contributed by atoms with Crippen LogP contribution in [0.25, 0.3) is 16.9 Å². The number of amides is 1. The number of aromatic nitrogens is 5. The van der Waals surface area contributed by atoms with Crippen molar-refractivity contribution in [3.8, 4) is 11.3 Å². The van der Waals surface area contributed by atoms with Crippen molar-refractivity contribution in [3.63, 3.8) is 0 Å². The summed E-state index contributed by atoms with van der Waals surface area (Å²) < 4.78 is 40.8. The number of H-pyrrole nitrogens is 1. The Bertz CT molecular complexity index is 1210. The van der Waals surface area contributed by atoms with Crippen molar-refractivity contribution in [3.05, 3.63) is 65.2 Å². The zero-order valence-electron chi connectivity index (χ0n) is 15.4. The molecule has 7 nitrogen and oxygen atoms in total. The molecule has 4 rings (SSSR count). The van der Waals surface area contributed by atoms with Crippen LogP contribution in [0.4, 0.5) is 18.9 Å². The summed E-state index contributed by atoms with van der Waals surface area (Å²) in [6, 6.07) is 9.46. The second-order valence-corrected chi connectivity index (χ2v) is 6.51.